The van der Waals surface area contributed by atoms with Crippen LogP contribution in [0.5, 0.6) is 0 Å². The summed E-state index contributed by atoms with van der Waals surface area (Å²) in [5, 5.41) is 7.79. The lowest BCUT2D eigenvalue weighted by Crippen LogP contribution is -2.26. The number of hydrogen-bond acceptors (Lipinski definition) is 2. The van der Waals surface area contributed by atoms with Gasteiger partial charge in [0.05, 0.1) is 11.9 Å². The molecule has 0 bridgehead atoms. The summed E-state index contributed by atoms with van der Waals surface area (Å²) in [5.41, 5.74) is 3.81. The molecule has 0 saturated carbocycles. The summed E-state index contributed by atoms with van der Waals surface area (Å²) >= 11 is 0. The molecule has 3 heteroatoms. The third-order valence-corrected chi connectivity index (χ3v) is 3.66. The Balaban J connectivity index is 1.88. The van der Waals surface area contributed by atoms with Crippen molar-refractivity contribution in [1.29, 1.82) is 0 Å². The number of nitrogens with zero attached hydrogens (tertiary/aromatic N) is 2. The molecule has 0 atom stereocenters. The number of benzene rings is 1. The van der Waals surface area contributed by atoms with Gasteiger partial charge in [-0.15, -0.1) is 0 Å². The fourth-order valence-corrected chi connectivity index (χ4v) is 2.63. The Bertz CT molecular complexity index is 524. The molecule has 1 N–H and O–H groups in total. The minimum Gasteiger partial charge on any atom is -0.317 e. The van der Waals surface area contributed by atoms with Gasteiger partial charge in [0.2, 0.25) is 0 Å². The van der Waals surface area contributed by atoms with Crippen molar-refractivity contribution in [2.45, 2.75) is 25.7 Å². The predicted molar refractivity (Wildman–Crippen MR) is 73.1 cm³/mol. The molecule has 1 aromatic heterocycles. The summed E-state index contributed by atoms with van der Waals surface area (Å²) in [7, 11) is 0. The fourth-order valence-electron chi connectivity index (χ4n) is 2.63. The van der Waals surface area contributed by atoms with Crippen LogP contribution in [-0.4, -0.2) is 22.9 Å². The number of nitrogens with one attached hydrogen (secondary N) is 1. The van der Waals surface area contributed by atoms with Crippen LogP contribution < -0.4 is 5.32 Å². The van der Waals surface area contributed by atoms with Gasteiger partial charge in [0.25, 0.3) is 0 Å². The van der Waals surface area contributed by atoms with Crippen LogP contribution in [0.1, 0.15) is 29.9 Å². The first kappa shape index (κ1) is 11.5. The van der Waals surface area contributed by atoms with Crippen molar-refractivity contribution in [1.82, 2.24) is 15.1 Å². The SMILES string of the molecule is Cc1cnn(-c2cccc(C3CCNCC3)c2)c1. The van der Waals surface area contributed by atoms with Gasteiger partial charge >= 0.3 is 0 Å². The fraction of sp³-hybridized carbons (Fsp3) is 0.400. The Morgan fingerprint density at radius 2 is 2.11 bits per heavy atom. The third-order valence-electron chi connectivity index (χ3n) is 3.66. The molecular weight excluding hydrogens is 222 g/mol. The number of hydrogen-bond donors (Lipinski definition) is 1. The molecule has 0 radical (unpaired) electrons. The topological polar surface area (TPSA) is 29.9 Å². The molecule has 3 nitrogen and oxygen atoms in total. The van der Waals surface area contributed by atoms with E-state index in [4.69, 9.17) is 0 Å². The van der Waals surface area contributed by atoms with Crippen LogP contribution in [0.2, 0.25) is 0 Å². The van der Waals surface area contributed by atoms with E-state index < -0.39 is 0 Å². The summed E-state index contributed by atoms with van der Waals surface area (Å²) < 4.78 is 1.96. The number of aromatic nitrogens is 2. The Labute approximate surface area is 108 Å². The molecular formula is C15H19N3. The van der Waals surface area contributed by atoms with E-state index in [-0.39, 0.29) is 0 Å². The van der Waals surface area contributed by atoms with Crippen molar-refractivity contribution >= 4 is 0 Å². The molecule has 0 aliphatic carbocycles. The van der Waals surface area contributed by atoms with E-state index in [0.717, 1.165) is 13.1 Å². The van der Waals surface area contributed by atoms with E-state index in [1.54, 1.807) is 0 Å². The molecule has 1 saturated heterocycles. The molecule has 0 unspecified atom stereocenters. The Kier molecular flexibility index (Phi) is 3.15. The standard InChI is InChI=1S/C15H19N3/c1-12-10-17-18(11-12)15-4-2-3-14(9-15)13-5-7-16-8-6-13/h2-4,9-11,13,16H,5-8H2,1H3. The van der Waals surface area contributed by atoms with Gasteiger partial charge < -0.3 is 5.32 Å². The summed E-state index contributed by atoms with van der Waals surface area (Å²) in [4.78, 5) is 0. The zero-order valence-corrected chi connectivity index (χ0v) is 10.8. The molecule has 3 rings (SSSR count). The second-order valence-corrected chi connectivity index (χ2v) is 5.08. The molecule has 2 aromatic rings. The van der Waals surface area contributed by atoms with Crippen LogP contribution in [0.4, 0.5) is 0 Å². The zero-order chi connectivity index (χ0) is 12.4. The maximum atomic E-state index is 4.38. The highest BCUT2D eigenvalue weighted by atomic mass is 15.3. The lowest BCUT2D eigenvalue weighted by atomic mass is 9.90. The van der Waals surface area contributed by atoms with E-state index >= 15 is 0 Å². The van der Waals surface area contributed by atoms with Gasteiger partial charge in [-0.05, 0) is 62.0 Å². The van der Waals surface area contributed by atoms with E-state index in [2.05, 4.69) is 47.8 Å². The van der Waals surface area contributed by atoms with Gasteiger partial charge in [0.15, 0.2) is 0 Å². The molecule has 18 heavy (non-hydrogen) atoms. The van der Waals surface area contributed by atoms with Crippen molar-refractivity contribution in [3.63, 3.8) is 0 Å². The van der Waals surface area contributed by atoms with Crippen LogP contribution in [-0.2, 0) is 0 Å². The summed E-state index contributed by atoms with van der Waals surface area (Å²) in [6.45, 7) is 4.34. The monoisotopic (exact) mass is 241 g/mol. The minimum absolute atomic E-state index is 0.697. The highest BCUT2D eigenvalue weighted by molar-refractivity contribution is 5.37. The molecule has 0 spiro atoms. The third kappa shape index (κ3) is 2.31. The van der Waals surface area contributed by atoms with Crippen LogP contribution in [0.25, 0.3) is 5.69 Å². The van der Waals surface area contributed by atoms with Gasteiger partial charge in [-0.2, -0.15) is 5.10 Å². The van der Waals surface area contributed by atoms with E-state index in [0.29, 0.717) is 5.92 Å². The van der Waals surface area contributed by atoms with E-state index in [1.807, 2.05) is 10.9 Å². The quantitative estimate of drug-likeness (QED) is 0.876. The largest absolute Gasteiger partial charge is 0.317 e. The van der Waals surface area contributed by atoms with Gasteiger partial charge in [-0.25, -0.2) is 4.68 Å². The molecule has 1 aliphatic heterocycles. The summed E-state index contributed by atoms with van der Waals surface area (Å²) in [6.07, 6.45) is 6.45. The number of rotatable bonds is 2. The van der Waals surface area contributed by atoms with E-state index in [9.17, 15) is 0 Å². The van der Waals surface area contributed by atoms with Crippen molar-refractivity contribution in [3.8, 4) is 5.69 Å². The van der Waals surface area contributed by atoms with E-state index in [1.165, 1.54) is 29.7 Å². The Morgan fingerprint density at radius 3 is 2.83 bits per heavy atom. The highest BCUT2D eigenvalue weighted by Gasteiger charge is 2.15. The molecule has 2 heterocycles. The minimum atomic E-state index is 0.697. The lowest BCUT2D eigenvalue weighted by Gasteiger charge is -2.23. The van der Waals surface area contributed by atoms with Gasteiger partial charge in [-0.3, -0.25) is 0 Å². The number of piperidine rings is 1. The molecule has 0 amide bonds. The van der Waals surface area contributed by atoms with Crippen LogP contribution >= 0.6 is 0 Å². The first-order valence-electron chi connectivity index (χ1n) is 6.65. The average Bonchev–Trinajstić information content (AvgIpc) is 2.87. The second-order valence-electron chi connectivity index (χ2n) is 5.08. The first-order valence-corrected chi connectivity index (χ1v) is 6.65. The van der Waals surface area contributed by atoms with Crippen LogP contribution in [0, 0.1) is 6.92 Å². The van der Waals surface area contributed by atoms with Crippen LogP contribution in [0.15, 0.2) is 36.7 Å². The maximum Gasteiger partial charge on any atom is 0.0648 e. The van der Waals surface area contributed by atoms with Crippen LogP contribution in [0.3, 0.4) is 0 Å². The van der Waals surface area contributed by atoms with Crippen molar-refractivity contribution < 1.29 is 0 Å². The smallest absolute Gasteiger partial charge is 0.0648 e. The second kappa shape index (κ2) is 4.94. The van der Waals surface area contributed by atoms with Crippen molar-refractivity contribution in [2.24, 2.45) is 0 Å². The Morgan fingerprint density at radius 1 is 1.28 bits per heavy atom. The summed E-state index contributed by atoms with van der Waals surface area (Å²) in [5.74, 6) is 0.697. The molecule has 1 fully saturated rings. The molecule has 94 valence electrons. The average molecular weight is 241 g/mol. The molecule has 1 aliphatic rings. The Hall–Kier alpha value is -1.61. The van der Waals surface area contributed by atoms with Crippen molar-refractivity contribution in [2.75, 3.05) is 13.1 Å². The first-order chi connectivity index (χ1) is 8.83. The lowest BCUT2D eigenvalue weighted by molar-refractivity contribution is 0.460. The van der Waals surface area contributed by atoms with Gasteiger partial charge in [-0.1, -0.05) is 12.1 Å². The zero-order valence-electron chi connectivity index (χ0n) is 10.8. The summed E-state index contributed by atoms with van der Waals surface area (Å²) in [6, 6.07) is 8.79. The number of aryl methyl sites for hydroxylation is 1. The van der Waals surface area contributed by atoms with Gasteiger partial charge in [0, 0.05) is 6.20 Å². The molecule has 1 aromatic carbocycles. The van der Waals surface area contributed by atoms with Gasteiger partial charge in [0.1, 0.15) is 0 Å². The highest BCUT2D eigenvalue weighted by Crippen LogP contribution is 2.26. The normalized spacial score (nSPS) is 16.9. The maximum absolute atomic E-state index is 4.38. The predicted octanol–water partition coefficient (Wildman–Crippen LogP) is 2.65. The van der Waals surface area contributed by atoms with Crippen molar-refractivity contribution in [3.05, 3.63) is 47.8 Å².